The molecule has 2 heterocycles. The predicted octanol–water partition coefficient (Wildman–Crippen LogP) is 2.74. The lowest BCUT2D eigenvalue weighted by Gasteiger charge is -2.33. The van der Waals surface area contributed by atoms with E-state index in [-0.39, 0.29) is 0 Å². The minimum absolute atomic E-state index is 0.405. The van der Waals surface area contributed by atoms with Crippen molar-refractivity contribution in [1.82, 2.24) is 14.9 Å². The van der Waals surface area contributed by atoms with E-state index < -0.39 is 0 Å². The minimum atomic E-state index is 0.405. The summed E-state index contributed by atoms with van der Waals surface area (Å²) in [6.07, 6.45) is 4.15. The Balaban J connectivity index is 1.44. The molecule has 1 aliphatic rings. The van der Waals surface area contributed by atoms with Crippen molar-refractivity contribution in [2.75, 3.05) is 31.6 Å². The van der Waals surface area contributed by atoms with Crippen LogP contribution < -0.4 is 10.1 Å². The van der Waals surface area contributed by atoms with E-state index >= 15 is 0 Å². The van der Waals surface area contributed by atoms with Gasteiger partial charge in [-0.25, -0.2) is 9.97 Å². The summed E-state index contributed by atoms with van der Waals surface area (Å²) >= 11 is 0. The van der Waals surface area contributed by atoms with Crippen molar-refractivity contribution in [3.63, 3.8) is 0 Å². The molecule has 0 bridgehead atoms. The lowest BCUT2D eigenvalue weighted by atomic mass is 10.1. The maximum absolute atomic E-state index is 5.79. The smallest absolute Gasteiger partial charge is 0.223 e. The molecule has 1 aromatic heterocycles. The van der Waals surface area contributed by atoms with Gasteiger partial charge in [0.1, 0.15) is 12.4 Å². The molecule has 122 valence electrons. The van der Waals surface area contributed by atoms with Crippen molar-refractivity contribution in [1.29, 1.82) is 0 Å². The van der Waals surface area contributed by atoms with Gasteiger partial charge in [-0.15, -0.1) is 0 Å². The standard InChI is InChI=1S/C18H24N4O/c1-15-9-10-19-18(20-15)21-16-6-5-11-22(14-16)12-13-23-17-7-3-2-4-8-17/h2-4,7-10,16H,5-6,11-14H2,1H3,(H,19,20,21). The van der Waals surface area contributed by atoms with E-state index in [1.807, 2.05) is 43.3 Å². The van der Waals surface area contributed by atoms with Crippen LogP contribution in [0.3, 0.4) is 0 Å². The summed E-state index contributed by atoms with van der Waals surface area (Å²) in [4.78, 5) is 11.2. The summed E-state index contributed by atoms with van der Waals surface area (Å²) in [7, 11) is 0. The minimum Gasteiger partial charge on any atom is -0.492 e. The molecule has 0 amide bonds. The van der Waals surface area contributed by atoms with Gasteiger partial charge in [-0.05, 0) is 44.5 Å². The van der Waals surface area contributed by atoms with Gasteiger partial charge in [-0.3, -0.25) is 4.90 Å². The molecule has 0 radical (unpaired) electrons. The van der Waals surface area contributed by atoms with Gasteiger partial charge in [-0.2, -0.15) is 0 Å². The zero-order valence-corrected chi connectivity index (χ0v) is 13.6. The van der Waals surface area contributed by atoms with Gasteiger partial charge in [0.05, 0.1) is 0 Å². The van der Waals surface area contributed by atoms with Crippen molar-refractivity contribution in [2.24, 2.45) is 0 Å². The van der Waals surface area contributed by atoms with E-state index in [0.717, 1.165) is 50.1 Å². The average molecular weight is 312 g/mol. The SMILES string of the molecule is Cc1ccnc(NC2CCCN(CCOc3ccccc3)C2)n1. The number of piperidine rings is 1. The van der Waals surface area contributed by atoms with E-state index in [1.54, 1.807) is 6.20 Å². The fraction of sp³-hybridized carbons (Fsp3) is 0.444. The van der Waals surface area contributed by atoms with Gasteiger partial charge < -0.3 is 10.1 Å². The molecule has 0 aliphatic carbocycles. The highest BCUT2D eigenvalue weighted by atomic mass is 16.5. The number of ether oxygens (including phenoxy) is 1. The second-order valence-electron chi connectivity index (χ2n) is 5.97. The third kappa shape index (κ3) is 4.93. The van der Waals surface area contributed by atoms with Crippen LogP contribution >= 0.6 is 0 Å². The first kappa shape index (κ1) is 15.7. The number of benzene rings is 1. The number of para-hydroxylation sites is 1. The number of likely N-dealkylation sites (tertiary alicyclic amines) is 1. The molecule has 0 spiro atoms. The molecule has 2 aromatic rings. The first-order valence-electron chi connectivity index (χ1n) is 8.26. The number of hydrogen-bond acceptors (Lipinski definition) is 5. The molecular weight excluding hydrogens is 288 g/mol. The molecule has 5 nitrogen and oxygen atoms in total. The van der Waals surface area contributed by atoms with Crippen LogP contribution in [-0.2, 0) is 0 Å². The fourth-order valence-corrected chi connectivity index (χ4v) is 2.89. The van der Waals surface area contributed by atoms with Gasteiger partial charge in [0.25, 0.3) is 0 Å². The molecule has 0 saturated carbocycles. The number of hydrogen-bond donors (Lipinski definition) is 1. The third-order valence-corrected chi connectivity index (χ3v) is 4.05. The Hall–Kier alpha value is -2.14. The second-order valence-corrected chi connectivity index (χ2v) is 5.97. The molecule has 1 saturated heterocycles. The van der Waals surface area contributed by atoms with E-state index in [9.17, 15) is 0 Å². The van der Waals surface area contributed by atoms with Crippen LogP contribution in [0.2, 0.25) is 0 Å². The number of nitrogens with one attached hydrogen (secondary N) is 1. The Bertz CT molecular complexity index is 605. The molecule has 5 heteroatoms. The summed E-state index contributed by atoms with van der Waals surface area (Å²) in [5.74, 6) is 1.67. The van der Waals surface area contributed by atoms with Gasteiger partial charge in [0.2, 0.25) is 5.95 Å². The van der Waals surface area contributed by atoms with Crippen molar-refractivity contribution in [3.05, 3.63) is 48.3 Å². The Labute approximate surface area is 137 Å². The number of nitrogens with zero attached hydrogens (tertiary/aromatic N) is 3. The monoisotopic (exact) mass is 312 g/mol. The molecule has 1 unspecified atom stereocenters. The van der Waals surface area contributed by atoms with Gasteiger partial charge in [0, 0.05) is 31.0 Å². The highest BCUT2D eigenvalue weighted by Gasteiger charge is 2.20. The summed E-state index contributed by atoms with van der Waals surface area (Å²) in [6.45, 7) is 5.79. The van der Waals surface area contributed by atoms with E-state index in [0.29, 0.717) is 6.04 Å². The summed E-state index contributed by atoms with van der Waals surface area (Å²) < 4.78 is 5.79. The average Bonchev–Trinajstić information content (AvgIpc) is 2.56. The molecule has 1 N–H and O–H groups in total. The van der Waals surface area contributed by atoms with Crippen LogP contribution in [0.25, 0.3) is 0 Å². The van der Waals surface area contributed by atoms with E-state index in [1.165, 1.54) is 6.42 Å². The number of rotatable bonds is 6. The molecular formula is C18H24N4O. The highest BCUT2D eigenvalue weighted by molar-refractivity contribution is 5.26. The molecule has 1 aromatic carbocycles. The second kappa shape index (κ2) is 7.92. The van der Waals surface area contributed by atoms with Crippen LogP contribution in [0.5, 0.6) is 5.75 Å². The normalized spacial score (nSPS) is 18.6. The Kier molecular flexibility index (Phi) is 5.42. The van der Waals surface area contributed by atoms with Crippen molar-refractivity contribution in [2.45, 2.75) is 25.8 Å². The zero-order valence-electron chi connectivity index (χ0n) is 13.6. The topological polar surface area (TPSA) is 50.3 Å². The van der Waals surface area contributed by atoms with Crippen molar-refractivity contribution in [3.8, 4) is 5.75 Å². The van der Waals surface area contributed by atoms with Gasteiger partial charge >= 0.3 is 0 Å². The molecule has 1 fully saturated rings. The van der Waals surface area contributed by atoms with Crippen LogP contribution in [0.4, 0.5) is 5.95 Å². The number of aromatic nitrogens is 2. The van der Waals surface area contributed by atoms with Crippen LogP contribution in [0.1, 0.15) is 18.5 Å². The third-order valence-electron chi connectivity index (χ3n) is 4.05. The first-order valence-corrected chi connectivity index (χ1v) is 8.26. The molecule has 3 rings (SSSR count). The van der Waals surface area contributed by atoms with Crippen molar-refractivity contribution < 1.29 is 4.74 Å². The van der Waals surface area contributed by atoms with Crippen LogP contribution in [-0.4, -0.2) is 47.2 Å². The van der Waals surface area contributed by atoms with Crippen LogP contribution in [0.15, 0.2) is 42.6 Å². The maximum atomic E-state index is 5.79. The van der Waals surface area contributed by atoms with Crippen LogP contribution in [0, 0.1) is 6.92 Å². The van der Waals surface area contributed by atoms with E-state index in [4.69, 9.17) is 4.74 Å². The van der Waals surface area contributed by atoms with E-state index in [2.05, 4.69) is 20.2 Å². The Morgan fingerprint density at radius 2 is 2.13 bits per heavy atom. The lowest BCUT2D eigenvalue weighted by Crippen LogP contribution is -2.43. The lowest BCUT2D eigenvalue weighted by molar-refractivity contribution is 0.175. The van der Waals surface area contributed by atoms with Crippen molar-refractivity contribution >= 4 is 5.95 Å². The largest absolute Gasteiger partial charge is 0.492 e. The molecule has 1 aliphatic heterocycles. The first-order chi connectivity index (χ1) is 11.3. The molecule has 1 atom stereocenters. The number of aryl methyl sites for hydroxylation is 1. The summed E-state index contributed by atoms with van der Waals surface area (Å²) in [6, 6.07) is 12.3. The molecule has 23 heavy (non-hydrogen) atoms. The van der Waals surface area contributed by atoms with Gasteiger partial charge in [-0.1, -0.05) is 18.2 Å². The maximum Gasteiger partial charge on any atom is 0.223 e. The Morgan fingerprint density at radius 3 is 2.96 bits per heavy atom. The summed E-state index contributed by atoms with van der Waals surface area (Å²) in [5, 5.41) is 3.46. The summed E-state index contributed by atoms with van der Waals surface area (Å²) in [5.41, 5.74) is 0.992. The predicted molar refractivity (Wildman–Crippen MR) is 91.8 cm³/mol. The highest BCUT2D eigenvalue weighted by Crippen LogP contribution is 2.14. The quantitative estimate of drug-likeness (QED) is 0.889. The van der Waals surface area contributed by atoms with Gasteiger partial charge in [0.15, 0.2) is 0 Å². The fourth-order valence-electron chi connectivity index (χ4n) is 2.89. The number of anilines is 1. The zero-order chi connectivity index (χ0) is 15.9. The Morgan fingerprint density at radius 1 is 1.26 bits per heavy atom.